The van der Waals surface area contributed by atoms with Crippen molar-refractivity contribution in [1.82, 2.24) is 9.80 Å². The monoisotopic (exact) mass is 270 g/mol. The number of carbonyl (C=O) groups excluding carboxylic acids is 1. The number of ether oxygens (including phenoxy) is 1. The van der Waals surface area contributed by atoms with Crippen molar-refractivity contribution in [1.29, 1.82) is 0 Å². The zero-order valence-electron chi connectivity index (χ0n) is 12.3. The van der Waals surface area contributed by atoms with Crippen LogP contribution in [0.15, 0.2) is 12.7 Å². The largest absolute Gasteiger partial charge is 0.389 e. The van der Waals surface area contributed by atoms with Crippen molar-refractivity contribution in [2.45, 2.75) is 32.5 Å². The van der Waals surface area contributed by atoms with E-state index >= 15 is 0 Å². The van der Waals surface area contributed by atoms with Crippen LogP contribution in [0.5, 0.6) is 0 Å². The van der Waals surface area contributed by atoms with E-state index in [0.717, 1.165) is 13.1 Å². The highest BCUT2D eigenvalue weighted by atomic mass is 16.5. The average molecular weight is 270 g/mol. The van der Waals surface area contributed by atoms with Gasteiger partial charge in [-0.25, -0.2) is 0 Å². The van der Waals surface area contributed by atoms with Gasteiger partial charge in [-0.1, -0.05) is 6.08 Å². The minimum Gasteiger partial charge on any atom is -0.389 e. The maximum atomic E-state index is 12.1. The molecule has 1 atom stereocenters. The maximum absolute atomic E-state index is 12.1. The van der Waals surface area contributed by atoms with Crippen molar-refractivity contribution in [2.24, 2.45) is 0 Å². The van der Waals surface area contributed by atoms with E-state index in [2.05, 4.69) is 11.5 Å². The van der Waals surface area contributed by atoms with Gasteiger partial charge in [-0.2, -0.15) is 0 Å². The summed E-state index contributed by atoms with van der Waals surface area (Å²) >= 11 is 0. The van der Waals surface area contributed by atoms with Gasteiger partial charge >= 0.3 is 0 Å². The Hall–Kier alpha value is -0.910. The van der Waals surface area contributed by atoms with Gasteiger partial charge in [0.25, 0.3) is 5.91 Å². The van der Waals surface area contributed by atoms with E-state index in [4.69, 9.17) is 4.74 Å². The van der Waals surface area contributed by atoms with E-state index in [1.807, 2.05) is 4.90 Å². The van der Waals surface area contributed by atoms with E-state index < -0.39 is 11.7 Å². The molecule has 0 spiro atoms. The Labute approximate surface area is 115 Å². The Morgan fingerprint density at radius 3 is 2.47 bits per heavy atom. The molecule has 0 aliphatic carbocycles. The second-order valence-electron chi connectivity index (χ2n) is 5.68. The number of amides is 1. The molecule has 19 heavy (non-hydrogen) atoms. The van der Waals surface area contributed by atoms with Gasteiger partial charge in [0, 0.05) is 32.7 Å². The number of hydrogen-bond acceptors (Lipinski definition) is 4. The molecule has 1 saturated heterocycles. The molecule has 5 heteroatoms. The summed E-state index contributed by atoms with van der Waals surface area (Å²) in [5, 5.41) is 9.78. The zero-order valence-corrected chi connectivity index (χ0v) is 12.3. The SMILES string of the molecule is C=CCOC(C)C(=O)N1CCN(CC(C)(C)O)CC1. The van der Waals surface area contributed by atoms with Gasteiger partial charge in [0.05, 0.1) is 12.2 Å². The van der Waals surface area contributed by atoms with Gasteiger partial charge in [0.15, 0.2) is 0 Å². The summed E-state index contributed by atoms with van der Waals surface area (Å²) in [6.07, 6.45) is 1.23. The van der Waals surface area contributed by atoms with Crippen LogP contribution in [0.1, 0.15) is 20.8 Å². The van der Waals surface area contributed by atoms with Crippen LogP contribution in [0.2, 0.25) is 0 Å². The first-order chi connectivity index (χ1) is 8.83. The minimum atomic E-state index is -0.688. The molecule has 1 N–H and O–H groups in total. The molecule has 0 aromatic rings. The summed E-state index contributed by atoms with van der Waals surface area (Å²) in [7, 11) is 0. The van der Waals surface area contributed by atoms with E-state index in [1.165, 1.54) is 0 Å². The molecule has 0 aromatic heterocycles. The fourth-order valence-electron chi connectivity index (χ4n) is 2.21. The van der Waals surface area contributed by atoms with Gasteiger partial charge in [0.2, 0.25) is 0 Å². The zero-order chi connectivity index (χ0) is 14.5. The summed E-state index contributed by atoms with van der Waals surface area (Å²) in [6, 6.07) is 0. The number of carbonyl (C=O) groups is 1. The lowest BCUT2D eigenvalue weighted by molar-refractivity contribution is -0.144. The number of rotatable bonds is 6. The lowest BCUT2D eigenvalue weighted by atomic mass is 10.1. The van der Waals surface area contributed by atoms with Gasteiger partial charge in [-0.15, -0.1) is 6.58 Å². The molecule has 1 fully saturated rings. The van der Waals surface area contributed by atoms with Crippen molar-refractivity contribution < 1.29 is 14.6 Å². The Balaban J connectivity index is 2.36. The molecule has 0 saturated carbocycles. The first-order valence-electron chi connectivity index (χ1n) is 6.79. The van der Waals surface area contributed by atoms with E-state index in [0.29, 0.717) is 26.2 Å². The fourth-order valence-corrected chi connectivity index (χ4v) is 2.21. The predicted molar refractivity (Wildman–Crippen MR) is 74.9 cm³/mol. The number of piperazine rings is 1. The highest BCUT2D eigenvalue weighted by Crippen LogP contribution is 2.10. The molecule has 1 heterocycles. The molecule has 5 nitrogen and oxygen atoms in total. The molecule has 1 aliphatic heterocycles. The highest BCUT2D eigenvalue weighted by Gasteiger charge is 2.27. The molecular weight excluding hydrogens is 244 g/mol. The van der Waals surface area contributed by atoms with Crippen molar-refractivity contribution in [2.75, 3.05) is 39.3 Å². The molecular formula is C14H26N2O3. The van der Waals surface area contributed by atoms with Crippen LogP contribution in [0.25, 0.3) is 0 Å². The Morgan fingerprint density at radius 2 is 2.00 bits per heavy atom. The average Bonchev–Trinajstić information content (AvgIpc) is 2.34. The molecule has 1 rings (SSSR count). The van der Waals surface area contributed by atoms with Crippen LogP contribution >= 0.6 is 0 Å². The Kier molecular flexibility index (Phi) is 5.97. The summed E-state index contributed by atoms with van der Waals surface area (Å²) in [5.41, 5.74) is -0.688. The standard InChI is InChI=1S/C14H26N2O3/c1-5-10-19-12(2)13(17)16-8-6-15(7-9-16)11-14(3,4)18/h5,12,18H,1,6-11H2,2-4H3. The van der Waals surface area contributed by atoms with Crippen molar-refractivity contribution in [3.05, 3.63) is 12.7 Å². The molecule has 1 unspecified atom stereocenters. The third-order valence-corrected chi connectivity index (χ3v) is 3.11. The van der Waals surface area contributed by atoms with Crippen molar-refractivity contribution >= 4 is 5.91 Å². The lowest BCUT2D eigenvalue weighted by Crippen LogP contribution is -2.53. The molecule has 110 valence electrons. The van der Waals surface area contributed by atoms with E-state index in [9.17, 15) is 9.90 Å². The van der Waals surface area contributed by atoms with Crippen molar-refractivity contribution in [3.8, 4) is 0 Å². The van der Waals surface area contributed by atoms with Gasteiger partial charge < -0.3 is 14.7 Å². The quantitative estimate of drug-likeness (QED) is 0.714. The topological polar surface area (TPSA) is 53.0 Å². The van der Waals surface area contributed by atoms with Crippen LogP contribution in [0.4, 0.5) is 0 Å². The number of nitrogens with zero attached hydrogens (tertiary/aromatic N) is 2. The van der Waals surface area contributed by atoms with Gasteiger partial charge in [0.1, 0.15) is 6.10 Å². The first-order valence-corrected chi connectivity index (χ1v) is 6.79. The lowest BCUT2D eigenvalue weighted by Gasteiger charge is -2.38. The Morgan fingerprint density at radius 1 is 1.42 bits per heavy atom. The molecule has 1 aliphatic rings. The molecule has 1 amide bonds. The summed E-state index contributed by atoms with van der Waals surface area (Å²) in [5.74, 6) is 0.0322. The smallest absolute Gasteiger partial charge is 0.251 e. The van der Waals surface area contributed by atoms with Crippen molar-refractivity contribution in [3.63, 3.8) is 0 Å². The maximum Gasteiger partial charge on any atom is 0.251 e. The van der Waals surface area contributed by atoms with Crippen LogP contribution < -0.4 is 0 Å². The molecule has 0 aromatic carbocycles. The molecule has 0 radical (unpaired) electrons. The van der Waals surface area contributed by atoms with Crippen LogP contribution in [-0.4, -0.2) is 71.8 Å². The van der Waals surface area contributed by atoms with E-state index in [-0.39, 0.29) is 5.91 Å². The number of hydrogen-bond donors (Lipinski definition) is 1. The second-order valence-corrected chi connectivity index (χ2v) is 5.68. The van der Waals surface area contributed by atoms with Gasteiger partial charge in [-0.05, 0) is 20.8 Å². The van der Waals surface area contributed by atoms with E-state index in [1.54, 1.807) is 26.8 Å². The normalized spacial score (nSPS) is 19.3. The van der Waals surface area contributed by atoms with Crippen LogP contribution in [-0.2, 0) is 9.53 Å². The molecule has 0 bridgehead atoms. The van der Waals surface area contributed by atoms with Crippen LogP contribution in [0.3, 0.4) is 0 Å². The predicted octanol–water partition coefficient (Wildman–Crippen LogP) is 0.493. The number of aliphatic hydroxyl groups is 1. The third-order valence-electron chi connectivity index (χ3n) is 3.11. The highest BCUT2D eigenvalue weighted by molar-refractivity contribution is 5.80. The first kappa shape index (κ1) is 16.1. The van der Waals surface area contributed by atoms with Crippen LogP contribution in [0, 0.1) is 0 Å². The fraction of sp³-hybridized carbons (Fsp3) is 0.786. The minimum absolute atomic E-state index is 0.0322. The second kappa shape index (κ2) is 7.03. The Bertz CT molecular complexity index is 304. The third kappa shape index (κ3) is 5.72. The summed E-state index contributed by atoms with van der Waals surface area (Å²) in [6.45, 7) is 12.9. The summed E-state index contributed by atoms with van der Waals surface area (Å²) in [4.78, 5) is 16.1. The number of β-amino-alcohol motifs (C(OH)–C–C–N with tert-alkyl or cyclic N) is 1. The summed E-state index contributed by atoms with van der Waals surface area (Å²) < 4.78 is 5.35. The van der Waals surface area contributed by atoms with Gasteiger partial charge in [-0.3, -0.25) is 9.69 Å².